The molecule has 0 saturated carbocycles. The molecular weight excluding hydrogens is 238 g/mol. The zero-order chi connectivity index (χ0) is 12.3. The Labute approximate surface area is 105 Å². The zero-order valence-corrected chi connectivity index (χ0v) is 10.4. The van der Waals surface area contributed by atoms with Gasteiger partial charge in [-0.3, -0.25) is 4.98 Å². The van der Waals surface area contributed by atoms with Crippen LogP contribution < -0.4 is 9.47 Å². The van der Waals surface area contributed by atoms with Crippen molar-refractivity contribution < 1.29 is 9.47 Å². The molecule has 0 spiro atoms. The molecule has 1 aromatic carbocycles. The molecule has 4 heteroatoms. The van der Waals surface area contributed by atoms with Crippen molar-refractivity contribution in [3.63, 3.8) is 0 Å². The number of hydrogen-bond donors (Lipinski definition) is 0. The average molecular weight is 250 g/mol. The zero-order valence-electron chi connectivity index (χ0n) is 9.61. The van der Waals surface area contributed by atoms with Gasteiger partial charge in [0.2, 0.25) is 0 Å². The number of pyridine rings is 1. The van der Waals surface area contributed by atoms with E-state index in [0.29, 0.717) is 16.5 Å². The number of hydrogen-bond acceptors (Lipinski definition) is 3. The van der Waals surface area contributed by atoms with Gasteiger partial charge in [0.1, 0.15) is 0 Å². The Balaban J connectivity index is 2.57. The third-order valence-electron chi connectivity index (χ3n) is 2.48. The molecule has 0 amide bonds. The summed E-state index contributed by atoms with van der Waals surface area (Å²) < 4.78 is 10.4. The van der Waals surface area contributed by atoms with Gasteiger partial charge in [-0.2, -0.15) is 0 Å². The molecule has 0 aliphatic heterocycles. The van der Waals surface area contributed by atoms with E-state index in [0.717, 1.165) is 11.1 Å². The first kappa shape index (κ1) is 11.7. The number of methoxy groups -OCH3 is 2. The predicted octanol–water partition coefficient (Wildman–Crippen LogP) is 3.42. The fraction of sp³-hybridized carbons (Fsp3) is 0.154. The van der Waals surface area contributed by atoms with Gasteiger partial charge in [0, 0.05) is 18.0 Å². The van der Waals surface area contributed by atoms with Crippen LogP contribution in [0.15, 0.2) is 36.7 Å². The van der Waals surface area contributed by atoms with E-state index >= 15 is 0 Å². The van der Waals surface area contributed by atoms with Crippen LogP contribution in [0.4, 0.5) is 0 Å². The number of aromatic nitrogens is 1. The van der Waals surface area contributed by atoms with Crippen molar-refractivity contribution in [2.45, 2.75) is 0 Å². The second kappa shape index (κ2) is 5.06. The summed E-state index contributed by atoms with van der Waals surface area (Å²) >= 11 is 6.30. The van der Waals surface area contributed by atoms with E-state index in [1.807, 2.05) is 24.3 Å². The van der Waals surface area contributed by atoms with Crippen LogP contribution >= 0.6 is 11.6 Å². The highest BCUT2D eigenvalue weighted by molar-refractivity contribution is 6.35. The van der Waals surface area contributed by atoms with Crippen LogP contribution in [0.25, 0.3) is 11.1 Å². The minimum atomic E-state index is 0.540. The van der Waals surface area contributed by atoms with Crippen LogP contribution in [0.5, 0.6) is 11.5 Å². The summed E-state index contributed by atoms with van der Waals surface area (Å²) in [6.07, 6.45) is 3.45. The second-order valence-corrected chi connectivity index (χ2v) is 3.78. The van der Waals surface area contributed by atoms with Gasteiger partial charge in [-0.1, -0.05) is 11.6 Å². The highest BCUT2D eigenvalue weighted by Crippen LogP contribution is 2.41. The Morgan fingerprint density at radius 1 is 1.00 bits per heavy atom. The lowest BCUT2D eigenvalue weighted by molar-refractivity contribution is 0.355. The van der Waals surface area contributed by atoms with Crippen molar-refractivity contribution in [2.24, 2.45) is 0 Å². The maximum atomic E-state index is 6.30. The summed E-state index contributed by atoms with van der Waals surface area (Å²) in [4.78, 5) is 3.98. The van der Waals surface area contributed by atoms with Crippen molar-refractivity contribution in [3.8, 4) is 22.6 Å². The maximum absolute atomic E-state index is 6.30. The van der Waals surface area contributed by atoms with E-state index < -0.39 is 0 Å². The third-order valence-corrected chi connectivity index (χ3v) is 2.85. The van der Waals surface area contributed by atoms with Crippen molar-refractivity contribution in [1.82, 2.24) is 4.98 Å². The van der Waals surface area contributed by atoms with E-state index in [-0.39, 0.29) is 0 Å². The van der Waals surface area contributed by atoms with Crippen LogP contribution in [-0.2, 0) is 0 Å². The molecule has 2 aromatic rings. The molecule has 0 radical (unpaired) electrons. The van der Waals surface area contributed by atoms with Gasteiger partial charge < -0.3 is 9.47 Å². The van der Waals surface area contributed by atoms with Gasteiger partial charge >= 0.3 is 0 Å². The Morgan fingerprint density at radius 2 is 1.71 bits per heavy atom. The Hall–Kier alpha value is -1.74. The smallest absolute Gasteiger partial charge is 0.180 e. The molecule has 0 saturated heterocycles. The first-order valence-electron chi connectivity index (χ1n) is 5.08. The van der Waals surface area contributed by atoms with E-state index in [1.165, 1.54) is 0 Å². The van der Waals surface area contributed by atoms with E-state index in [2.05, 4.69) is 4.98 Å². The van der Waals surface area contributed by atoms with Gasteiger partial charge in [-0.25, -0.2) is 0 Å². The lowest BCUT2D eigenvalue weighted by Crippen LogP contribution is -1.92. The summed E-state index contributed by atoms with van der Waals surface area (Å²) in [7, 11) is 3.15. The van der Waals surface area contributed by atoms with Crippen molar-refractivity contribution in [1.29, 1.82) is 0 Å². The van der Waals surface area contributed by atoms with Crippen molar-refractivity contribution >= 4 is 11.6 Å². The monoisotopic (exact) mass is 249 g/mol. The van der Waals surface area contributed by atoms with Gasteiger partial charge in [-0.15, -0.1) is 0 Å². The first-order valence-corrected chi connectivity index (χ1v) is 5.46. The van der Waals surface area contributed by atoms with Gasteiger partial charge in [0.15, 0.2) is 11.5 Å². The van der Waals surface area contributed by atoms with E-state index in [1.54, 1.807) is 26.6 Å². The Bertz CT molecular complexity index is 514. The lowest BCUT2D eigenvalue weighted by atomic mass is 10.1. The van der Waals surface area contributed by atoms with Gasteiger partial charge in [0.05, 0.1) is 19.2 Å². The molecule has 0 unspecified atom stereocenters. The summed E-state index contributed by atoms with van der Waals surface area (Å²) in [5, 5.41) is 0.540. The number of ether oxygens (including phenoxy) is 2. The van der Waals surface area contributed by atoms with Crippen molar-refractivity contribution in [2.75, 3.05) is 14.2 Å². The average Bonchev–Trinajstić information content (AvgIpc) is 2.39. The minimum absolute atomic E-state index is 0.540. The van der Waals surface area contributed by atoms with E-state index in [4.69, 9.17) is 21.1 Å². The topological polar surface area (TPSA) is 31.4 Å². The molecule has 2 rings (SSSR count). The lowest BCUT2D eigenvalue weighted by Gasteiger charge is -2.12. The molecule has 0 fully saturated rings. The number of nitrogens with zero attached hydrogens (tertiary/aromatic N) is 1. The molecule has 17 heavy (non-hydrogen) atoms. The molecule has 0 bridgehead atoms. The molecular formula is C13H12ClNO2. The fourth-order valence-corrected chi connectivity index (χ4v) is 1.99. The van der Waals surface area contributed by atoms with E-state index in [9.17, 15) is 0 Å². The standard InChI is InChI=1S/C13H12ClNO2/c1-16-11-4-3-10(12(14)13(11)17-2)9-5-7-15-8-6-9/h3-8H,1-2H3. The van der Waals surface area contributed by atoms with Crippen LogP contribution in [0.2, 0.25) is 5.02 Å². The largest absolute Gasteiger partial charge is 0.493 e. The number of benzene rings is 1. The number of halogens is 1. The Kier molecular flexibility index (Phi) is 3.49. The maximum Gasteiger partial charge on any atom is 0.180 e. The first-order chi connectivity index (χ1) is 8.27. The van der Waals surface area contributed by atoms with Crippen LogP contribution in [0.1, 0.15) is 0 Å². The quantitative estimate of drug-likeness (QED) is 0.835. The summed E-state index contributed by atoms with van der Waals surface area (Å²) in [5.74, 6) is 1.17. The van der Waals surface area contributed by atoms with Gasteiger partial charge in [0.25, 0.3) is 0 Å². The van der Waals surface area contributed by atoms with Crippen LogP contribution in [0.3, 0.4) is 0 Å². The fourth-order valence-electron chi connectivity index (χ4n) is 1.64. The molecule has 1 aromatic heterocycles. The summed E-state index contributed by atoms with van der Waals surface area (Å²) in [6, 6.07) is 7.53. The molecule has 3 nitrogen and oxygen atoms in total. The normalized spacial score (nSPS) is 10.1. The SMILES string of the molecule is COc1ccc(-c2ccncc2)c(Cl)c1OC. The highest BCUT2D eigenvalue weighted by atomic mass is 35.5. The molecule has 0 aliphatic carbocycles. The molecule has 0 atom stereocenters. The molecule has 0 aliphatic rings. The van der Waals surface area contributed by atoms with Crippen LogP contribution in [0, 0.1) is 0 Å². The predicted molar refractivity (Wildman–Crippen MR) is 67.8 cm³/mol. The summed E-state index contributed by atoms with van der Waals surface area (Å²) in [6.45, 7) is 0. The highest BCUT2D eigenvalue weighted by Gasteiger charge is 2.13. The summed E-state index contributed by atoms with van der Waals surface area (Å²) in [5.41, 5.74) is 1.89. The molecule has 0 N–H and O–H groups in total. The number of rotatable bonds is 3. The van der Waals surface area contributed by atoms with Crippen LogP contribution in [-0.4, -0.2) is 19.2 Å². The third kappa shape index (κ3) is 2.19. The van der Waals surface area contributed by atoms with Gasteiger partial charge in [-0.05, 0) is 29.8 Å². The Morgan fingerprint density at radius 3 is 2.29 bits per heavy atom. The van der Waals surface area contributed by atoms with Crippen molar-refractivity contribution in [3.05, 3.63) is 41.7 Å². The second-order valence-electron chi connectivity index (χ2n) is 3.40. The molecule has 1 heterocycles. The minimum Gasteiger partial charge on any atom is -0.493 e. The molecule has 88 valence electrons.